The van der Waals surface area contributed by atoms with Crippen LogP contribution < -0.4 is 16.6 Å². The number of hydrogen-bond acceptors (Lipinski definition) is 5. The van der Waals surface area contributed by atoms with Crippen LogP contribution in [0.5, 0.6) is 0 Å². The van der Waals surface area contributed by atoms with Crippen molar-refractivity contribution in [2.45, 2.75) is 6.92 Å². The van der Waals surface area contributed by atoms with Crippen molar-refractivity contribution in [1.82, 2.24) is 0 Å². The number of hydrazine groups is 1. The average Bonchev–Trinajstić information content (AvgIpc) is 2.42. The SMILES string of the molecule is Cc1ccc(Nc2cc(NN)cc([N+](=O)[O-])c2)cc1Br. The monoisotopic (exact) mass is 336 g/mol. The van der Waals surface area contributed by atoms with E-state index in [9.17, 15) is 10.1 Å². The summed E-state index contributed by atoms with van der Waals surface area (Å²) in [7, 11) is 0. The van der Waals surface area contributed by atoms with Gasteiger partial charge >= 0.3 is 0 Å². The average molecular weight is 337 g/mol. The summed E-state index contributed by atoms with van der Waals surface area (Å²) in [5.41, 5.74) is 5.37. The van der Waals surface area contributed by atoms with Gasteiger partial charge in [-0.3, -0.25) is 16.0 Å². The summed E-state index contributed by atoms with van der Waals surface area (Å²) in [5.74, 6) is 5.32. The zero-order chi connectivity index (χ0) is 14.7. The van der Waals surface area contributed by atoms with Crippen LogP contribution in [0.1, 0.15) is 5.56 Å². The van der Waals surface area contributed by atoms with Crippen molar-refractivity contribution in [3.8, 4) is 0 Å². The maximum atomic E-state index is 10.9. The maximum Gasteiger partial charge on any atom is 0.273 e. The topological polar surface area (TPSA) is 93.2 Å². The van der Waals surface area contributed by atoms with E-state index in [0.29, 0.717) is 11.4 Å². The molecule has 0 aliphatic rings. The Bertz CT molecular complexity index is 661. The Kier molecular flexibility index (Phi) is 4.21. The number of anilines is 3. The van der Waals surface area contributed by atoms with Gasteiger partial charge in [0, 0.05) is 28.0 Å². The number of nitrogens with two attached hydrogens (primary N) is 1. The second kappa shape index (κ2) is 5.89. The van der Waals surface area contributed by atoms with E-state index < -0.39 is 4.92 Å². The number of rotatable bonds is 4. The summed E-state index contributed by atoms with van der Waals surface area (Å²) in [6.07, 6.45) is 0. The number of halogens is 1. The van der Waals surface area contributed by atoms with Crippen LogP contribution in [0.15, 0.2) is 40.9 Å². The minimum atomic E-state index is -0.461. The van der Waals surface area contributed by atoms with Crippen molar-refractivity contribution in [3.63, 3.8) is 0 Å². The number of nitrogens with zero attached hydrogens (tertiary/aromatic N) is 1. The highest BCUT2D eigenvalue weighted by molar-refractivity contribution is 9.10. The lowest BCUT2D eigenvalue weighted by Crippen LogP contribution is -2.07. The lowest BCUT2D eigenvalue weighted by atomic mass is 10.2. The molecule has 0 aromatic heterocycles. The number of non-ortho nitro benzene ring substituents is 1. The molecule has 104 valence electrons. The molecule has 2 aromatic carbocycles. The molecule has 6 nitrogen and oxygen atoms in total. The van der Waals surface area contributed by atoms with Gasteiger partial charge in [-0.15, -0.1) is 0 Å². The highest BCUT2D eigenvalue weighted by Gasteiger charge is 2.09. The molecule has 0 radical (unpaired) electrons. The molecule has 0 fully saturated rings. The Labute approximate surface area is 124 Å². The van der Waals surface area contributed by atoms with E-state index in [1.54, 1.807) is 6.07 Å². The minimum Gasteiger partial charge on any atom is -0.355 e. The summed E-state index contributed by atoms with van der Waals surface area (Å²) < 4.78 is 0.963. The van der Waals surface area contributed by atoms with E-state index in [4.69, 9.17) is 5.84 Å². The van der Waals surface area contributed by atoms with Crippen molar-refractivity contribution in [1.29, 1.82) is 0 Å². The Morgan fingerprint density at radius 2 is 1.85 bits per heavy atom. The third kappa shape index (κ3) is 3.25. The third-order valence-corrected chi connectivity index (χ3v) is 3.61. The van der Waals surface area contributed by atoms with Gasteiger partial charge in [0.1, 0.15) is 0 Å². The first-order valence-corrected chi connectivity index (χ1v) is 6.58. The van der Waals surface area contributed by atoms with Gasteiger partial charge in [-0.1, -0.05) is 22.0 Å². The fraction of sp³-hybridized carbons (Fsp3) is 0.0769. The van der Waals surface area contributed by atoms with Crippen molar-refractivity contribution in [2.24, 2.45) is 5.84 Å². The van der Waals surface area contributed by atoms with Crippen molar-refractivity contribution >= 4 is 38.7 Å². The number of nitrogens with one attached hydrogen (secondary N) is 2. The fourth-order valence-corrected chi connectivity index (χ4v) is 2.09. The summed E-state index contributed by atoms with van der Waals surface area (Å²) in [6, 6.07) is 10.3. The molecule has 20 heavy (non-hydrogen) atoms. The van der Waals surface area contributed by atoms with Crippen LogP contribution in [0.25, 0.3) is 0 Å². The van der Waals surface area contributed by atoms with E-state index in [0.717, 1.165) is 15.7 Å². The van der Waals surface area contributed by atoms with Crippen LogP contribution in [0.3, 0.4) is 0 Å². The van der Waals surface area contributed by atoms with Gasteiger partial charge in [0.15, 0.2) is 0 Å². The minimum absolute atomic E-state index is 0.0332. The number of hydrogen-bond donors (Lipinski definition) is 3. The van der Waals surface area contributed by atoms with Gasteiger partial charge < -0.3 is 10.7 Å². The number of benzene rings is 2. The normalized spacial score (nSPS) is 10.2. The largest absolute Gasteiger partial charge is 0.355 e. The molecule has 0 amide bonds. The van der Waals surface area contributed by atoms with Crippen LogP contribution in [0, 0.1) is 17.0 Å². The summed E-state index contributed by atoms with van der Waals surface area (Å²) in [4.78, 5) is 10.4. The molecule has 7 heteroatoms. The van der Waals surface area contributed by atoms with Crippen LogP contribution in [-0.2, 0) is 0 Å². The smallest absolute Gasteiger partial charge is 0.273 e. The third-order valence-electron chi connectivity index (χ3n) is 2.76. The fourth-order valence-electron chi connectivity index (χ4n) is 1.71. The Balaban J connectivity index is 2.34. The van der Waals surface area contributed by atoms with E-state index in [1.807, 2.05) is 25.1 Å². The molecule has 0 aliphatic carbocycles. The van der Waals surface area contributed by atoms with E-state index in [1.165, 1.54) is 12.1 Å². The number of nitro groups is 1. The number of aryl methyl sites for hydroxylation is 1. The zero-order valence-corrected chi connectivity index (χ0v) is 12.3. The predicted octanol–water partition coefficient (Wildman–Crippen LogP) is 3.69. The molecule has 0 saturated carbocycles. The molecule has 4 N–H and O–H groups in total. The van der Waals surface area contributed by atoms with Crippen LogP contribution in [0.2, 0.25) is 0 Å². The van der Waals surface area contributed by atoms with E-state index >= 15 is 0 Å². The number of nitro benzene ring substituents is 1. The lowest BCUT2D eigenvalue weighted by molar-refractivity contribution is -0.384. The quantitative estimate of drug-likeness (QED) is 0.449. The van der Waals surface area contributed by atoms with Gasteiger partial charge in [0.25, 0.3) is 5.69 Å². The first-order valence-electron chi connectivity index (χ1n) is 5.79. The van der Waals surface area contributed by atoms with Gasteiger partial charge in [0.05, 0.1) is 10.6 Å². The van der Waals surface area contributed by atoms with E-state index in [2.05, 4.69) is 26.7 Å². The first kappa shape index (κ1) is 14.3. The maximum absolute atomic E-state index is 10.9. The summed E-state index contributed by atoms with van der Waals surface area (Å²) in [5, 5.41) is 14.0. The Hall–Kier alpha value is -2.12. The molecule has 2 aromatic rings. The molecular formula is C13H13BrN4O2. The van der Waals surface area contributed by atoms with Gasteiger partial charge in [-0.2, -0.15) is 0 Å². The molecule has 0 spiro atoms. The van der Waals surface area contributed by atoms with Crippen molar-refractivity contribution < 1.29 is 4.92 Å². The van der Waals surface area contributed by atoms with Gasteiger partial charge in [-0.25, -0.2) is 0 Å². The van der Waals surface area contributed by atoms with Gasteiger partial charge in [-0.05, 0) is 30.7 Å². The van der Waals surface area contributed by atoms with Gasteiger partial charge in [0.2, 0.25) is 0 Å². The Morgan fingerprint density at radius 3 is 2.45 bits per heavy atom. The predicted molar refractivity (Wildman–Crippen MR) is 83.1 cm³/mol. The molecule has 2 rings (SSSR count). The van der Waals surface area contributed by atoms with E-state index in [-0.39, 0.29) is 5.69 Å². The second-order valence-corrected chi connectivity index (χ2v) is 5.11. The molecule has 0 unspecified atom stereocenters. The molecule has 0 bridgehead atoms. The molecule has 0 saturated heterocycles. The highest BCUT2D eigenvalue weighted by Crippen LogP contribution is 2.28. The zero-order valence-electron chi connectivity index (χ0n) is 10.7. The number of nitrogen functional groups attached to an aromatic ring is 1. The Morgan fingerprint density at radius 1 is 1.15 bits per heavy atom. The highest BCUT2D eigenvalue weighted by atomic mass is 79.9. The molecule has 0 atom stereocenters. The first-order chi connectivity index (χ1) is 9.49. The molecule has 0 heterocycles. The molecular weight excluding hydrogens is 324 g/mol. The molecule has 0 aliphatic heterocycles. The second-order valence-electron chi connectivity index (χ2n) is 4.26. The van der Waals surface area contributed by atoms with Crippen molar-refractivity contribution in [2.75, 3.05) is 10.7 Å². The lowest BCUT2D eigenvalue weighted by Gasteiger charge is -2.10. The standard InChI is InChI=1S/C13H13BrN4O2/c1-8-2-3-9(7-13(8)14)16-10-4-11(17-15)6-12(5-10)18(19)20/h2-7,16-17H,15H2,1H3. The van der Waals surface area contributed by atoms with Crippen LogP contribution in [0.4, 0.5) is 22.7 Å². The van der Waals surface area contributed by atoms with Crippen LogP contribution >= 0.6 is 15.9 Å². The summed E-state index contributed by atoms with van der Waals surface area (Å²) >= 11 is 3.44. The van der Waals surface area contributed by atoms with Crippen LogP contribution in [-0.4, -0.2) is 4.92 Å². The summed E-state index contributed by atoms with van der Waals surface area (Å²) in [6.45, 7) is 1.98. The van der Waals surface area contributed by atoms with Crippen molar-refractivity contribution in [3.05, 3.63) is 56.5 Å².